The van der Waals surface area contributed by atoms with Crippen molar-refractivity contribution in [2.75, 3.05) is 7.11 Å². The van der Waals surface area contributed by atoms with E-state index in [0.29, 0.717) is 6.10 Å². The molecule has 3 aliphatic rings. The zero-order valence-electron chi connectivity index (χ0n) is 17.8. The average molecular weight is 361 g/mol. The Balaban J connectivity index is 1.43. The second-order valence-corrected chi connectivity index (χ2v) is 10.1. The standard InChI is InChI=1S/C25H44O/c1-5-6-7-20-8-10-21(11-9-20)22-12-14-23(15-13-22)24-16-17-25(26-4)19(3)18(24)2/h5,18-25H,1,6-17H2,2-4H3. The summed E-state index contributed by atoms with van der Waals surface area (Å²) in [5, 5.41) is 0. The van der Waals surface area contributed by atoms with Crippen LogP contribution in [0.4, 0.5) is 0 Å². The molecule has 150 valence electrons. The number of rotatable bonds is 6. The van der Waals surface area contributed by atoms with Crippen LogP contribution in [0.1, 0.15) is 90.9 Å². The van der Waals surface area contributed by atoms with Crippen LogP contribution in [0.5, 0.6) is 0 Å². The van der Waals surface area contributed by atoms with Gasteiger partial charge in [0.1, 0.15) is 0 Å². The van der Waals surface area contributed by atoms with Gasteiger partial charge < -0.3 is 4.74 Å². The Morgan fingerprint density at radius 2 is 1.35 bits per heavy atom. The van der Waals surface area contributed by atoms with Gasteiger partial charge in [0.2, 0.25) is 0 Å². The molecule has 0 amide bonds. The van der Waals surface area contributed by atoms with Gasteiger partial charge in [0, 0.05) is 7.11 Å². The first-order valence-corrected chi connectivity index (χ1v) is 11.8. The van der Waals surface area contributed by atoms with Crippen molar-refractivity contribution in [2.45, 2.75) is 97.0 Å². The molecule has 0 aromatic carbocycles. The Labute approximate surface area is 163 Å². The lowest BCUT2D eigenvalue weighted by atomic mass is 9.61. The van der Waals surface area contributed by atoms with Gasteiger partial charge in [0.15, 0.2) is 0 Å². The fraction of sp³-hybridized carbons (Fsp3) is 0.920. The maximum Gasteiger partial charge on any atom is 0.0599 e. The van der Waals surface area contributed by atoms with Gasteiger partial charge in [-0.1, -0.05) is 32.8 Å². The van der Waals surface area contributed by atoms with Gasteiger partial charge in [0.05, 0.1) is 6.10 Å². The Morgan fingerprint density at radius 1 is 0.769 bits per heavy atom. The molecule has 0 radical (unpaired) electrons. The Kier molecular flexibility index (Phi) is 7.67. The molecule has 0 spiro atoms. The van der Waals surface area contributed by atoms with Crippen LogP contribution >= 0.6 is 0 Å². The highest BCUT2D eigenvalue weighted by Gasteiger charge is 2.40. The van der Waals surface area contributed by atoms with Crippen LogP contribution < -0.4 is 0 Å². The van der Waals surface area contributed by atoms with E-state index >= 15 is 0 Å². The minimum atomic E-state index is 0.508. The summed E-state index contributed by atoms with van der Waals surface area (Å²) in [6.45, 7) is 8.83. The third-order valence-corrected chi connectivity index (χ3v) is 8.94. The van der Waals surface area contributed by atoms with E-state index in [1.807, 2.05) is 7.11 Å². The van der Waals surface area contributed by atoms with Crippen molar-refractivity contribution < 1.29 is 4.74 Å². The summed E-state index contributed by atoms with van der Waals surface area (Å²) >= 11 is 0. The predicted octanol–water partition coefficient (Wildman–Crippen LogP) is 7.26. The Hall–Kier alpha value is -0.300. The lowest BCUT2D eigenvalue weighted by molar-refractivity contribution is -0.0353. The van der Waals surface area contributed by atoms with E-state index in [0.717, 1.165) is 41.4 Å². The summed E-state index contributed by atoms with van der Waals surface area (Å²) in [6, 6.07) is 0. The number of ether oxygens (including phenoxy) is 1. The summed E-state index contributed by atoms with van der Waals surface area (Å²) in [4.78, 5) is 0. The molecule has 3 aliphatic carbocycles. The van der Waals surface area contributed by atoms with Crippen LogP contribution in [0.3, 0.4) is 0 Å². The second kappa shape index (κ2) is 9.76. The minimum absolute atomic E-state index is 0.508. The molecule has 0 aliphatic heterocycles. The number of allylic oxidation sites excluding steroid dienone is 1. The monoisotopic (exact) mass is 360 g/mol. The lowest BCUT2D eigenvalue weighted by Crippen LogP contribution is -2.40. The van der Waals surface area contributed by atoms with Crippen LogP contribution in [0.25, 0.3) is 0 Å². The largest absolute Gasteiger partial charge is 0.381 e. The SMILES string of the molecule is C=CCCC1CCC(C2CCC(C3CCC(OC)C(C)C3C)CC2)CC1. The molecular formula is C25H44O. The minimum Gasteiger partial charge on any atom is -0.381 e. The van der Waals surface area contributed by atoms with E-state index in [1.165, 1.54) is 77.0 Å². The first kappa shape index (κ1) is 20.4. The van der Waals surface area contributed by atoms with E-state index in [-0.39, 0.29) is 0 Å². The molecule has 3 saturated carbocycles. The van der Waals surface area contributed by atoms with Gasteiger partial charge in [-0.3, -0.25) is 0 Å². The van der Waals surface area contributed by atoms with Gasteiger partial charge in [-0.25, -0.2) is 0 Å². The number of hydrogen-bond donors (Lipinski definition) is 0. The van der Waals surface area contributed by atoms with Gasteiger partial charge in [-0.2, -0.15) is 0 Å². The van der Waals surface area contributed by atoms with E-state index in [1.54, 1.807) is 0 Å². The van der Waals surface area contributed by atoms with Crippen LogP contribution in [0.15, 0.2) is 12.7 Å². The van der Waals surface area contributed by atoms with Gasteiger partial charge in [0.25, 0.3) is 0 Å². The van der Waals surface area contributed by atoms with Crippen molar-refractivity contribution in [3.63, 3.8) is 0 Å². The van der Waals surface area contributed by atoms with E-state index in [9.17, 15) is 0 Å². The summed E-state index contributed by atoms with van der Waals surface area (Å²) in [7, 11) is 1.91. The highest BCUT2D eigenvalue weighted by atomic mass is 16.5. The molecule has 4 atom stereocenters. The Morgan fingerprint density at radius 3 is 1.92 bits per heavy atom. The molecular weight excluding hydrogens is 316 g/mol. The molecule has 0 aromatic heterocycles. The molecule has 3 fully saturated rings. The van der Waals surface area contributed by atoms with Crippen molar-refractivity contribution in [3.8, 4) is 0 Å². The molecule has 0 heterocycles. The number of methoxy groups -OCH3 is 1. The van der Waals surface area contributed by atoms with Crippen molar-refractivity contribution in [3.05, 3.63) is 12.7 Å². The maximum atomic E-state index is 5.73. The zero-order valence-corrected chi connectivity index (χ0v) is 17.8. The van der Waals surface area contributed by atoms with Crippen molar-refractivity contribution in [1.82, 2.24) is 0 Å². The summed E-state index contributed by atoms with van der Waals surface area (Å²) in [5.41, 5.74) is 0. The molecule has 1 nitrogen and oxygen atoms in total. The normalized spacial score (nSPS) is 44.6. The number of hydrogen-bond acceptors (Lipinski definition) is 1. The lowest BCUT2D eigenvalue weighted by Gasteiger charge is -2.46. The molecule has 0 saturated heterocycles. The van der Waals surface area contributed by atoms with Gasteiger partial charge in [-0.05, 0) is 106 Å². The van der Waals surface area contributed by atoms with E-state index in [2.05, 4.69) is 26.5 Å². The quantitative estimate of drug-likeness (QED) is 0.453. The van der Waals surface area contributed by atoms with Crippen LogP contribution in [-0.2, 0) is 4.74 Å². The molecule has 3 rings (SSSR count). The fourth-order valence-corrected chi connectivity index (χ4v) is 6.95. The molecule has 0 N–H and O–H groups in total. The third-order valence-electron chi connectivity index (χ3n) is 8.94. The molecule has 1 heteroatoms. The van der Waals surface area contributed by atoms with Crippen molar-refractivity contribution >= 4 is 0 Å². The fourth-order valence-electron chi connectivity index (χ4n) is 6.95. The topological polar surface area (TPSA) is 9.23 Å². The average Bonchev–Trinajstić information content (AvgIpc) is 2.69. The highest BCUT2D eigenvalue weighted by molar-refractivity contribution is 4.90. The highest BCUT2D eigenvalue weighted by Crippen LogP contribution is 2.48. The predicted molar refractivity (Wildman–Crippen MR) is 112 cm³/mol. The first-order valence-electron chi connectivity index (χ1n) is 11.8. The maximum absolute atomic E-state index is 5.73. The zero-order chi connectivity index (χ0) is 18.5. The van der Waals surface area contributed by atoms with Crippen molar-refractivity contribution in [1.29, 1.82) is 0 Å². The second-order valence-electron chi connectivity index (χ2n) is 10.1. The van der Waals surface area contributed by atoms with E-state index < -0.39 is 0 Å². The molecule has 26 heavy (non-hydrogen) atoms. The molecule has 0 bridgehead atoms. The molecule has 4 unspecified atom stereocenters. The van der Waals surface area contributed by atoms with Gasteiger partial charge in [-0.15, -0.1) is 6.58 Å². The smallest absolute Gasteiger partial charge is 0.0599 e. The van der Waals surface area contributed by atoms with E-state index in [4.69, 9.17) is 4.74 Å². The van der Waals surface area contributed by atoms with Gasteiger partial charge >= 0.3 is 0 Å². The van der Waals surface area contributed by atoms with Crippen LogP contribution in [-0.4, -0.2) is 13.2 Å². The molecule has 0 aromatic rings. The van der Waals surface area contributed by atoms with Crippen LogP contribution in [0.2, 0.25) is 0 Å². The summed E-state index contributed by atoms with van der Waals surface area (Å²) in [5.74, 6) is 6.65. The van der Waals surface area contributed by atoms with Crippen LogP contribution in [0, 0.1) is 41.4 Å². The summed E-state index contributed by atoms with van der Waals surface area (Å²) < 4.78 is 5.73. The Bertz CT molecular complexity index is 414. The third kappa shape index (κ3) is 4.75. The van der Waals surface area contributed by atoms with Crippen molar-refractivity contribution in [2.24, 2.45) is 41.4 Å². The summed E-state index contributed by atoms with van der Waals surface area (Å²) in [6.07, 6.45) is 20.0. The first-order chi connectivity index (χ1) is 12.6.